The molecule has 76 valence electrons. The summed E-state index contributed by atoms with van der Waals surface area (Å²) in [7, 11) is 1.76. The highest BCUT2D eigenvalue weighted by Gasteiger charge is 2.13. The molecule has 1 aromatic carbocycles. The monoisotopic (exact) mass is 194 g/mol. The third-order valence-corrected chi connectivity index (χ3v) is 2.21. The number of carboxylic acid groups (broad SMARTS) is 1. The van der Waals surface area contributed by atoms with Crippen LogP contribution in [0.25, 0.3) is 0 Å². The van der Waals surface area contributed by atoms with Crippen molar-refractivity contribution in [1.82, 2.24) is 0 Å². The second kappa shape index (κ2) is 4.00. The Balaban J connectivity index is 3.35. The van der Waals surface area contributed by atoms with Crippen molar-refractivity contribution in [1.29, 1.82) is 0 Å². The lowest BCUT2D eigenvalue weighted by molar-refractivity contribution is 0.0696. The number of nitrogens with two attached hydrogens (primary N) is 1. The van der Waals surface area contributed by atoms with Crippen molar-refractivity contribution in [3.05, 3.63) is 23.3 Å². The number of benzene rings is 1. The van der Waals surface area contributed by atoms with E-state index in [0.29, 0.717) is 17.7 Å². The van der Waals surface area contributed by atoms with Crippen LogP contribution in [0.15, 0.2) is 12.1 Å². The van der Waals surface area contributed by atoms with Gasteiger partial charge in [0.25, 0.3) is 0 Å². The molecule has 4 nitrogen and oxygen atoms in total. The van der Waals surface area contributed by atoms with Crippen LogP contribution in [0, 0.1) is 0 Å². The van der Waals surface area contributed by atoms with Gasteiger partial charge in [0, 0.05) is 7.05 Å². The Hall–Kier alpha value is -1.71. The van der Waals surface area contributed by atoms with E-state index >= 15 is 0 Å². The summed E-state index contributed by atoms with van der Waals surface area (Å²) in [5.74, 6) is -0.934. The molecule has 0 heterocycles. The lowest BCUT2D eigenvalue weighted by Crippen LogP contribution is -2.07. The van der Waals surface area contributed by atoms with E-state index in [4.69, 9.17) is 10.8 Å². The Bertz CT molecular complexity index is 361. The second-order valence-electron chi connectivity index (χ2n) is 2.96. The van der Waals surface area contributed by atoms with Gasteiger partial charge in [-0.25, -0.2) is 4.79 Å². The number of rotatable bonds is 3. The lowest BCUT2D eigenvalue weighted by Gasteiger charge is -2.11. The van der Waals surface area contributed by atoms with E-state index in [1.807, 2.05) is 6.92 Å². The van der Waals surface area contributed by atoms with Gasteiger partial charge < -0.3 is 16.2 Å². The number of hydrogen-bond acceptors (Lipinski definition) is 3. The molecule has 0 saturated carbocycles. The minimum atomic E-state index is -0.934. The van der Waals surface area contributed by atoms with Crippen LogP contribution in [0.2, 0.25) is 0 Å². The van der Waals surface area contributed by atoms with Gasteiger partial charge in [0.05, 0.1) is 16.9 Å². The van der Waals surface area contributed by atoms with Crippen LogP contribution >= 0.6 is 0 Å². The topological polar surface area (TPSA) is 75.3 Å². The Labute approximate surface area is 82.7 Å². The van der Waals surface area contributed by atoms with Crippen LogP contribution < -0.4 is 11.1 Å². The minimum absolute atomic E-state index is 0.281. The normalized spacial score (nSPS) is 9.86. The zero-order chi connectivity index (χ0) is 10.7. The predicted molar refractivity (Wildman–Crippen MR) is 56.7 cm³/mol. The quantitative estimate of drug-likeness (QED) is 0.638. The van der Waals surface area contributed by atoms with Gasteiger partial charge in [0.1, 0.15) is 0 Å². The van der Waals surface area contributed by atoms with Crippen molar-refractivity contribution in [3.63, 3.8) is 0 Å². The fraction of sp³-hybridized carbons (Fsp3) is 0.300. The number of nitrogen functional groups attached to an aromatic ring is 1. The number of nitrogens with one attached hydrogen (secondary N) is 1. The third kappa shape index (κ3) is 1.64. The maximum atomic E-state index is 10.9. The molecule has 0 radical (unpaired) electrons. The first-order valence-electron chi connectivity index (χ1n) is 4.44. The van der Waals surface area contributed by atoms with E-state index in [-0.39, 0.29) is 5.56 Å². The van der Waals surface area contributed by atoms with E-state index in [0.717, 1.165) is 5.69 Å². The summed E-state index contributed by atoms with van der Waals surface area (Å²) in [6.07, 6.45) is 0.614. The summed E-state index contributed by atoms with van der Waals surface area (Å²) < 4.78 is 0. The highest BCUT2D eigenvalue weighted by atomic mass is 16.4. The number of hydrogen-bond donors (Lipinski definition) is 3. The first-order valence-corrected chi connectivity index (χ1v) is 4.44. The smallest absolute Gasteiger partial charge is 0.336 e. The SMILES string of the molecule is CCc1c(C(=O)O)ccc(NC)c1N. The molecule has 4 N–H and O–H groups in total. The summed E-state index contributed by atoms with van der Waals surface area (Å²) in [4.78, 5) is 10.9. The maximum Gasteiger partial charge on any atom is 0.336 e. The fourth-order valence-electron chi connectivity index (χ4n) is 1.46. The van der Waals surface area contributed by atoms with Crippen LogP contribution in [0.1, 0.15) is 22.8 Å². The van der Waals surface area contributed by atoms with Gasteiger partial charge in [-0.1, -0.05) is 6.92 Å². The Kier molecular flexibility index (Phi) is 2.96. The van der Waals surface area contributed by atoms with Crippen LogP contribution in [0.3, 0.4) is 0 Å². The van der Waals surface area contributed by atoms with Crippen molar-refractivity contribution in [2.45, 2.75) is 13.3 Å². The number of carboxylic acids is 1. The van der Waals surface area contributed by atoms with Crippen LogP contribution in [0.5, 0.6) is 0 Å². The third-order valence-electron chi connectivity index (χ3n) is 2.21. The number of carbonyl (C=O) groups is 1. The lowest BCUT2D eigenvalue weighted by atomic mass is 10.0. The zero-order valence-electron chi connectivity index (χ0n) is 8.29. The second-order valence-corrected chi connectivity index (χ2v) is 2.96. The first-order chi connectivity index (χ1) is 6.61. The standard InChI is InChI=1S/C10H14N2O2/c1-3-6-7(10(13)14)4-5-8(12-2)9(6)11/h4-5,12H,3,11H2,1-2H3,(H,13,14). The van der Waals surface area contributed by atoms with Crippen LogP contribution in [-0.4, -0.2) is 18.1 Å². The summed E-state index contributed by atoms with van der Waals surface area (Å²) in [6.45, 7) is 1.89. The summed E-state index contributed by atoms with van der Waals surface area (Å²) in [5, 5.41) is 11.8. The van der Waals surface area contributed by atoms with Crippen molar-refractivity contribution in [2.75, 3.05) is 18.1 Å². The zero-order valence-corrected chi connectivity index (χ0v) is 8.29. The van der Waals surface area contributed by atoms with Crippen molar-refractivity contribution >= 4 is 17.3 Å². The van der Waals surface area contributed by atoms with Gasteiger partial charge in [-0.05, 0) is 24.1 Å². The van der Waals surface area contributed by atoms with E-state index in [2.05, 4.69) is 5.32 Å². The van der Waals surface area contributed by atoms with Gasteiger partial charge in [-0.15, -0.1) is 0 Å². The molecule has 0 amide bonds. The van der Waals surface area contributed by atoms with Crippen molar-refractivity contribution in [2.24, 2.45) is 0 Å². The molecule has 0 aliphatic rings. The molecule has 1 rings (SSSR count). The largest absolute Gasteiger partial charge is 0.478 e. The first kappa shape index (κ1) is 10.4. The highest BCUT2D eigenvalue weighted by Crippen LogP contribution is 2.26. The Morgan fingerprint density at radius 1 is 1.57 bits per heavy atom. The van der Waals surface area contributed by atoms with Gasteiger partial charge in [0.15, 0.2) is 0 Å². The van der Waals surface area contributed by atoms with Gasteiger partial charge in [-0.2, -0.15) is 0 Å². The number of anilines is 2. The van der Waals surface area contributed by atoms with Crippen LogP contribution in [0.4, 0.5) is 11.4 Å². The molecule has 0 atom stereocenters. The van der Waals surface area contributed by atoms with Crippen molar-refractivity contribution < 1.29 is 9.90 Å². The molecule has 0 spiro atoms. The molecule has 14 heavy (non-hydrogen) atoms. The van der Waals surface area contributed by atoms with Gasteiger partial charge >= 0.3 is 5.97 Å². The predicted octanol–water partition coefficient (Wildman–Crippen LogP) is 1.57. The number of aromatic carboxylic acids is 1. The van der Waals surface area contributed by atoms with Gasteiger partial charge in [-0.3, -0.25) is 0 Å². The van der Waals surface area contributed by atoms with E-state index in [9.17, 15) is 4.79 Å². The summed E-state index contributed by atoms with van der Waals surface area (Å²) >= 11 is 0. The van der Waals surface area contributed by atoms with Crippen LogP contribution in [-0.2, 0) is 6.42 Å². The van der Waals surface area contributed by atoms with E-state index < -0.39 is 5.97 Å². The average Bonchev–Trinajstić information content (AvgIpc) is 2.17. The maximum absolute atomic E-state index is 10.9. The summed E-state index contributed by atoms with van der Waals surface area (Å²) in [5.41, 5.74) is 8.08. The fourth-order valence-corrected chi connectivity index (χ4v) is 1.46. The molecule has 0 aliphatic heterocycles. The van der Waals surface area contributed by atoms with E-state index in [1.165, 1.54) is 0 Å². The highest BCUT2D eigenvalue weighted by molar-refractivity contribution is 5.93. The van der Waals surface area contributed by atoms with Gasteiger partial charge in [0.2, 0.25) is 0 Å². The molecule has 0 saturated heterocycles. The molecule has 1 aromatic rings. The molecule has 4 heteroatoms. The molecule has 0 aromatic heterocycles. The Morgan fingerprint density at radius 2 is 2.21 bits per heavy atom. The molecule has 0 fully saturated rings. The molecule has 0 unspecified atom stereocenters. The molecular formula is C10H14N2O2. The molecular weight excluding hydrogens is 180 g/mol. The van der Waals surface area contributed by atoms with E-state index in [1.54, 1.807) is 19.2 Å². The minimum Gasteiger partial charge on any atom is -0.478 e. The molecule has 0 bridgehead atoms. The molecule has 0 aliphatic carbocycles. The van der Waals surface area contributed by atoms with Crippen molar-refractivity contribution in [3.8, 4) is 0 Å². The summed E-state index contributed by atoms with van der Waals surface area (Å²) in [6, 6.07) is 3.25. The average molecular weight is 194 g/mol. The Morgan fingerprint density at radius 3 is 2.64 bits per heavy atom.